The fourth-order valence-electron chi connectivity index (χ4n) is 3.67. The predicted molar refractivity (Wildman–Crippen MR) is 131 cm³/mol. The summed E-state index contributed by atoms with van der Waals surface area (Å²) in [5.41, 5.74) is 1.06. The second-order valence-corrected chi connectivity index (χ2v) is 9.65. The Morgan fingerprint density at radius 1 is 1.13 bits per heavy atom. The molecule has 0 saturated carbocycles. The van der Waals surface area contributed by atoms with E-state index in [9.17, 15) is 4.79 Å². The Labute approximate surface area is 195 Å². The number of benzene rings is 1. The van der Waals surface area contributed by atoms with Crippen LogP contribution in [0.3, 0.4) is 0 Å². The molecular weight excluding hydrogens is 535 g/mol. The van der Waals surface area contributed by atoms with E-state index in [1.165, 1.54) is 11.3 Å². The quantitative estimate of drug-likeness (QED) is 0.271. The highest BCUT2D eigenvalue weighted by Crippen LogP contribution is 2.33. The van der Waals surface area contributed by atoms with Crippen LogP contribution >= 0.6 is 45.5 Å². The van der Waals surface area contributed by atoms with E-state index < -0.39 is 5.63 Å². The van der Waals surface area contributed by atoms with Gasteiger partial charge in [-0.25, -0.2) is 9.78 Å². The van der Waals surface area contributed by atoms with Crippen molar-refractivity contribution in [3.8, 4) is 10.6 Å². The van der Waals surface area contributed by atoms with Gasteiger partial charge in [-0.1, -0.05) is 40.3 Å². The SMILES string of the molecule is O=c1oc2nc(N3CCN(CCI)CC3)ccc2cc1-c1nc2c(Cl)cccc2s1. The molecule has 0 atom stereocenters. The van der Waals surface area contributed by atoms with E-state index in [1.54, 1.807) is 6.07 Å². The predicted octanol–water partition coefficient (Wildman–Crippen LogP) is 4.68. The summed E-state index contributed by atoms with van der Waals surface area (Å²) in [6.07, 6.45) is 0. The minimum absolute atomic E-state index is 0.357. The Hall–Kier alpha value is -1.75. The Balaban J connectivity index is 1.47. The molecule has 0 spiro atoms. The van der Waals surface area contributed by atoms with Crippen molar-refractivity contribution in [3.63, 3.8) is 0 Å². The summed E-state index contributed by atoms with van der Waals surface area (Å²) < 4.78 is 7.67. The summed E-state index contributed by atoms with van der Waals surface area (Å²) in [4.78, 5) is 26.6. The molecule has 5 rings (SSSR count). The van der Waals surface area contributed by atoms with Crippen molar-refractivity contribution < 1.29 is 4.42 Å². The van der Waals surface area contributed by atoms with E-state index >= 15 is 0 Å². The smallest absolute Gasteiger partial charge is 0.347 e. The number of aromatic nitrogens is 2. The molecule has 1 aliphatic heterocycles. The zero-order valence-electron chi connectivity index (χ0n) is 16.0. The second-order valence-electron chi connectivity index (χ2n) is 7.13. The number of rotatable bonds is 4. The summed E-state index contributed by atoms with van der Waals surface area (Å²) in [6.45, 7) is 5.00. The maximum atomic E-state index is 12.7. The molecule has 154 valence electrons. The summed E-state index contributed by atoms with van der Waals surface area (Å²) in [5, 5.41) is 1.96. The topological polar surface area (TPSA) is 62.5 Å². The fraction of sp³-hybridized carbons (Fsp3) is 0.286. The van der Waals surface area contributed by atoms with Crippen molar-refractivity contribution in [2.45, 2.75) is 0 Å². The number of para-hydroxylation sites is 1. The molecule has 9 heteroatoms. The number of nitrogens with zero attached hydrogens (tertiary/aromatic N) is 4. The average molecular weight is 553 g/mol. The van der Waals surface area contributed by atoms with Gasteiger partial charge in [0.15, 0.2) is 0 Å². The minimum atomic E-state index is -0.436. The third-order valence-corrected chi connectivity index (χ3v) is 7.12. The normalized spacial score (nSPS) is 15.3. The van der Waals surface area contributed by atoms with Gasteiger partial charge >= 0.3 is 5.63 Å². The van der Waals surface area contributed by atoms with Crippen molar-refractivity contribution in [1.82, 2.24) is 14.9 Å². The fourth-order valence-corrected chi connectivity index (χ4v) is 5.62. The molecule has 0 unspecified atom stereocenters. The van der Waals surface area contributed by atoms with Gasteiger partial charge in [0.2, 0.25) is 5.71 Å². The van der Waals surface area contributed by atoms with Crippen LogP contribution in [0.5, 0.6) is 0 Å². The molecule has 1 saturated heterocycles. The molecule has 3 aromatic heterocycles. The molecule has 0 N–H and O–H groups in total. The van der Waals surface area contributed by atoms with Crippen LogP contribution in [-0.2, 0) is 0 Å². The van der Waals surface area contributed by atoms with Gasteiger partial charge in [0, 0.05) is 42.5 Å². The first kappa shape index (κ1) is 20.2. The Morgan fingerprint density at radius 3 is 2.73 bits per heavy atom. The molecule has 0 radical (unpaired) electrons. The highest BCUT2D eigenvalue weighted by atomic mass is 127. The number of fused-ring (bicyclic) bond motifs is 2. The molecule has 0 amide bonds. The average Bonchev–Trinajstić information content (AvgIpc) is 3.19. The number of hydrogen-bond donors (Lipinski definition) is 0. The molecule has 1 fully saturated rings. The Kier molecular flexibility index (Phi) is 5.65. The summed E-state index contributed by atoms with van der Waals surface area (Å²) in [7, 11) is 0. The number of pyridine rings is 1. The molecular formula is C21H18ClIN4O2S. The zero-order valence-corrected chi connectivity index (χ0v) is 19.7. The van der Waals surface area contributed by atoms with E-state index in [0.29, 0.717) is 26.8 Å². The van der Waals surface area contributed by atoms with Gasteiger partial charge in [-0.05, 0) is 30.3 Å². The number of hydrogen-bond acceptors (Lipinski definition) is 7. The molecule has 1 aromatic carbocycles. The number of halogens is 2. The molecule has 4 aromatic rings. The molecule has 4 heterocycles. The third kappa shape index (κ3) is 3.81. The van der Waals surface area contributed by atoms with E-state index in [-0.39, 0.29) is 0 Å². The summed E-state index contributed by atoms with van der Waals surface area (Å²) in [6, 6.07) is 11.4. The van der Waals surface area contributed by atoms with Gasteiger partial charge in [0.1, 0.15) is 16.3 Å². The number of anilines is 1. The Morgan fingerprint density at radius 2 is 1.97 bits per heavy atom. The number of piperazine rings is 1. The molecule has 1 aliphatic rings. The molecule has 6 nitrogen and oxygen atoms in total. The monoisotopic (exact) mass is 552 g/mol. The summed E-state index contributed by atoms with van der Waals surface area (Å²) >= 11 is 10.1. The highest BCUT2D eigenvalue weighted by molar-refractivity contribution is 14.1. The first-order valence-electron chi connectivity index (χ1n) is 9.66. The van der Waals surface area contributed by atoms with Crippen LogP contribution in [-0.4, -0.2) is 52.0 Å². The van der Waals surface area contributed by atoms with Gasteiger partial charge in [0.25, 0.3) is 0 Å². The van der Waals surface area contributed by atoms with Gasteiger partial charge in [-0.15, -0.1) is 11.3 Å². The Bertz CT molecular complexity index is 1280. The minimum Gasteiger partial charge on any atom is -0.403 e. The van der Waals surface area contributed by atoms with Crippen molar-refractivity contribution >= 4 is 72.7 Å². The van der Waals surface area contributed by atoms with Gasteiger partial charge in [-0.2, -0.15) is 4.98 Å². The zero-order chi connectivity index (χ0) is 20.7. The lowest BCUT2D eigenvalue weighted by Gasteiger charge is -2.35. The maximum Gasteiger partial charge on any atom is 0.347 e. The van der Waals surface area contributed by atoms with Crippen molar-refractivity contribution in [3.05, 3.63) is 51.8 Å². The van der Waals surface area contributed by atoms with Crippen molar-refractivity contribution in [2.24, 2.45) is 0 Å². The molecule has 0 aliphatic carbocycles. The largest absolute Gasteiger partial charge is 0.403 e. The van der Waals surface area contributed by atoms with Gasteiger partial charge in [-0.3, -0.25) is 4.90 Å². The van der Waals surface area contributed by atoms with Crippen LogP contribution in [0, 0.1) is 0 Å². The molecule has 30 heavy (non-hydrogen) atoms. The van der Waals surface area contributed by atoms with Crippen molar-refractivity contribution in [1.29, 1.82) is 0 Å². The number of thiazole rings is 1. The van der Waals surface area contributed by atoms with E-state index in [0.717, 1.165) is 53.1 Å². The lowest BCUT2D eigenvalue weighted by Crippen LogP contribution is -2.47. The highest BCUT2D eigenvalue weighted by Gasteiger charge is 2.19. The van der Waals surface area contributed by atoms with Crippen LogP contribution in [0.15, 0.2) is 45.6 Å². The lowest BCUT2D eigenvalue weighted by atomic mass is 10.2. The standard InChI is InChI=1S/C21H18ClIN4O2S/c22-15-2-1-3-16-18(15)25-20(30-16)14-12-13-4-5-17(24-19(13)29-21(14)28)27-10-8-26(7-6-23)9-11-27/h1-5,12H,6-11H2. The van der Waals surface area contributed by atoms with Crippen LogP contribution in [0.25, 0.3) is 31.9 Å². The van der Waals surface area contributed by atoms with E-state index in [1.807, 2.05) is 30.3 Å². The second kappa shape index (κ2) is 8.41. The third-order valence-electron chi connectivity index (χ3n) is 5.28. The van der Waals surface area contributed by atoms with Crippen LogP contribution in [0.2, 0.25) is 5.02 Å². The van der Waals surface area contributed by atoms with Gasteiger partial charge < -0.3 is 9.32 Å². The van der Waals surface area contributed by atoms with Gasteiger partial charge in [0.05, 0.1) is 15.3 Å². The van der Waals surface area contributed by atoms with E-state index in [2.05, 4.69) is 42.4 Å². The lowest BCUT2D eigenvalue weighted by molar-refractivity contribution is 0.274. The first-order valence-corrected chi connectivity index (χ1v) is 12.4. The van der Waals surface area contributed by atoms with Crippen LogP contribution < -0.4 is 10.5 Å². The summed E-state index contributed by atoms with van der Waals surface area (Å²) in [5.74, 6) is 0.847. The van der Waals surface area contributed by atoms with Crippen molar-refractivity contribution in [2.75, 3.05) is 42.1 Å². The van der Waals surface area contributed by atoms with Crippen LogP contribution in [0.4, 0.5) is 5.82 Å². The van der Waals surface area contributed by atoms with Crippen LogP contribution in [0.1, 0.15) is 0 Å². The maximum absolute atomic E-state index is 12.7. The van der Waals surface area contributed by atoms with E-state index in [4.69, 9.17) is 16.0 Å². The number of alkyl halides is 1. The first-order chi connectivity index (χ1) is 14.6. The molecule has 0 bridgehead atoms.